The Hall–Kier alpha value is -4.30. The van der Waals surface area contributed by atoms with Crippen LogP contribution < -0.4 is 33.2 Å². The van der Waals surface area contributed by atoms with Gasteiger partial charge in [0.1, 0.15) is 18.1 Å². The molecule has 1 heterocycles. The van der Waals surface area contributed by atoms with Gasteiger partial charge in [0.15, 0.2) is 0 Å². The molecule has 40 heavy (non-hydrogen) atoms. The van der Waals surface area contributed by atoms with Gasteiger partial charge in [-0.15, -0.1) is 0 Å². The van der Waals surface area contributed by atoms with Crippen molar-refractivity contribution in [3.8, 4) is 0 Å². The van der Waals surface area contributed by atoms with Gasteiger partial charge in [0, 0.05) is 31.2 Å². The molecule has 14 nitrogen and oxygen atoms in total. The maximum atomic E-state index is 13.3. The molecule has 218 valence electrons. The smallest absolute Gasteiger partial charge is 0.326 e. The molecule has 0 bridgehead atoms. The van der Waals surface area contributed by atoms with Crippen molar-refractivity contribution in [2.45, 2.75) is 69.1 Å². The number of imidazole rings is 1. The van der Waals surface area contributed by atoms with Crippen molar-refractivity contribution in [3.63, 3.8) is 0 Å². The fourth-order valence-corrected chi connectivity index (χ4v) is 3.89. The number of benzene rings is 1. The number of hydrogen-bond acceptors (Lipinski definition) is 8. The minimum absolute atomic E-state index is 0.0198. The third-order valence-electron chi connectivity index (χ3n) is 6.13. The number of nitrogens with one attached hydrogen (secondary N) is 4. The van der Waals surface area contributed by atoms with E-state index in [0.29, 0.717) is 37.1 Å². The van der Waals surface area contributed by atoms with Gasteiger partial charge in [-0.3, -0.25) is 19.2 Å². The first-order valence-electron chi connectivity index (χ1n) is 13.0. The van der Waals surface area contributed by atoms with E-state index in [2.05, 4.69) is 25.9 Å². The van der Waals surface area contributed by atoms with Gasteiger partial charge in [0.25, 0.3) is 0 Å². The van der Waals surface area contributed by atoms with Crippen LogP contribution in [0.5, 0.6) is 0 Å². The summed E-state index contributed by atoms with van der Waals surface area (Å²) in [6.07, 6.45) is 4.11. The first-order chi connectivity index (χ1) is 19.1. The van der Waals surface area contributed by atoms with Crippen molar-refractivity contribution in [1.82, 2.24) is 25.9 Å². The molecule has 0 aliphatic carbocycles. The monoisotopic (exact) mass is 558 g/mol. The topological polar surface area (TPSA) is 248 Å². The number of aliphatic carboxylic acids is 1. The molecule has 4 unspecified atom stereocenters. The van der Waals surface area contributed by atoms with E-state index in [1.54, 1.807) is 30.3 Å². The number of aromatic amines is 1. The summed E-state index contributed by atoms with van der Waals surface area (Å²) in [5, 5.41) is 17.3. The number of carboxylic acids is 1. The van der Waals surface area contributed by atoms with Crippen molar-refractivity contribution < 1.29 is 29.1 Å². The lowest BCUT2D eigenvalue weighted by Crippen LogP contribution is -2.58. The summed E-state index contributed by atoms with van der Waals surface area (Å²) < 4.78 is 0. The van der Waals surface area contributed by atoms with Gasteiger partial charge in [0.05, 0.1) is 12.4 Å². The zero-order chi connectivity index (χ0) is 29.5. The Bertz CT molecular complexity index is 1110. The summed E-state index contributed by atoms with van der Waals surface area (Å²) in [6, 6.07) is 4.12. The molecule has 0 fully saturated rings. The van der Waals surface area contributed by atoms with E-state index in [4.69, 9.17) is 17.2 Å². The van der Waals surface area contributed by atoms with E-state index in [1.807, 2.05) is 0 Å². The van der Waals surface area contributed by atoms with Crippen molar-refractivity contribution in [2.75, 3.05) is 6.54 Å². The van der Waals surface area contributed by atoms with Crippen LogP contribution in [0.15, 0.2) is 42.9 Å². The van der Waals surface area contributed by atoms with Gasteiger partial charge >= 0.3 is 5.97 Å². The molecule has 2 rings (SSSR count). The van der Waals surface area contributed by atoms with Crippen molar-refractivity contribution >= 4 is 29.6 Å². The summed E-state index contributed by atoms with van der Waals surface area (Å²) in [4.78, 5) is 69.2. The number of carbonyl (C=O) groups is 5. The van der Waals surface area contributed by atoms with Crippen molar-refractivity contribution in [2.24, 2.45) is 17.2 Å². The normalized spacial score (nSPS) is 13.8. The van der Waals surface area contributed by atoms with Gasteiger partial charge in [-0.1, -0.05) is 36.8 Å². The van der Waals surface area contributed by atoms with Gasteiger partial charge < -0.3 is 43.2 Å². The molecule has 1 aromatic carbocycles. The van der Waals surface area contributed by atoms with E-state index in [1.165, 1.54) is 12.5 Å². The minimum Gasteiger partial charge on any atom is -0.480 e. The summed E-state index contributed by atoms with van der Waals surface area (Å²) in [5.74, 6) is -4.07. The molecule has 4 atom stereocenters. The van der Waals surface area contributed by atoms with Crippen LogP contribution in [0.1, 0.15) is 43.4 Å². The highest BCUT2D eigenvalue weighted by Crippen LogP contribution is 2.07. The van der Waals surface area contributed by atoms with Crippen molar-refractivity contribution in [1.29, 1.82) is 0 Å². The molecule has 0 saturated carbocycles. The number of unbranched alkanes of at least 4 members (excludes halogenated alkanes) is 1. The Morgan fingerprint density at radius 2 is 1.52 bits per heavy atom. The van der Waals surface area contributed by atoms with E-state index in [9.17, 15) is 29.1 Å². The highest BCUT2D eigenvalue weighted by molar-refractivity contribution is 5.94. The number of carboxylic acid groups (broad SMARTS) is 1. The highest BCUT2D eigenvalue weighted by Gasteiger charge is 2.31. The molecule has 0 radical (unpaired) electrons. The lowest BCUT2D eigenvalue weighted by molar-refractivity contribution is -0.142. The van der Waals surface area contributed by atoms with Crippen LogP contribution in [0.3, 0.4) is 0 Å². The van der Waals surface area contributed by atoms with E-state index in [0.717, 1.165) is 0 Å². The SMILES string of the molecule is NCCCCC(N)C(=O)NC(CCC(N)=O)C(=O)NC(Cc1cnc[nH]1)C(=O)NC(Cc1ccccc1)C(=O)O. The predicted molar refractivity (Wildman–Crippen MR) is 145 cm³/mol. The second-order valence-electron chi connectivity index (χ2n) is 9.39. The number of rotatable bonds is 18. The number of amides is 4. The van der Waals surface area contributed by atoms with Crippen LogP contribution in [0, 0.1) is 0 Å². The summed E-state index contributed by atoms with van der Waals surface area (Å²) in [5.41, 5.74) is 17.9. The Kier molecular flexibility index (Phi) is 13.3. The Labute approximate surface area is 231 Å². The largest absolute Gasteiger partial charge is 0.480 e. The zero-order valence-corrected chi connectivity index (χ0v) is 22.2. The molecule has 0 aliphatic rings. The summed E-state index contributed by atoms with van der Waals surface area (Å²) in [7, 11) is 0. The van der Waals surface area contributed by atoms with Crippen LogP contribution in [0.25, 0.3) is 0 Å². The average Bonchev–Trinajstić information content (AvgIpc) is 3.43. The second-order valence-corrected chi connectivity index (χ2v) is 9.39. The maximum absolute atomic E-state index is 13.3. The standard InChI is InChI=1S/C26H38N8O6/c27-11-5-4-8-18(28)23(36)32-19(9-10-22(29)35)24(37)33-20(13-17-14-30-15-31-17)25(38)34-21(26(39)40)12-16-6-2-1-3-7-16/h1-3,6-7,14-15,18-21H,4-5,8-13,27-28H2,(H2,29,35)(H,30,31)(H,32,36)(H,33,37)(H,34,38)(H,39,40). The van der Waals surface area contributed by atoms with Gasteiger partial charge in [0.2, 0.25) is 23.6 Å². The Morgan fingerprint density at radius 3 is 2.12 bits per heavy atom. The zero-order valence-electron chi connectivity index (χ0n) is 22.2. The van der Waals surface area contributed by atoms with Crippen molar-refractivity contribution in [3.05, 3.63) is 54.1 Å². The Balaban J connectivity index is 2.19. The van der Waals surface area contributed by atoms with Crippen LogP contribution in [0.2, 0.25) is 0 Å². The molecule has 0 spiro atoms. The summed E-state index contributed by atoms with van der Waals surface area (Å²) >= 11 is 0. The van der Waals surface area contributed by atoms with E-state index < -0.39 is 53.8 Å². The third-order valence-corrected chi connectivity index (χ3v) is 6.13. The molecule has 11 N–H and O–H groups in total. The van der Waals surface area contributed by atoms with Crippen LogP contribution >= 0.6 is 0 Å². The lowest BCUT2D eigenvalue weighted by atomic mass is 10.0. The number of hydrogen-bond donors (Lipinski definition) is 8. The minimum atomic E-state index is -1.27. The molecular weight excluding hydrogens is 520 g/mol. The number of carbonyl (C=O) groups excluding carboxylic acids is 4. The van der Waals surface area contributed by atoms with E-state index in [-0.39, 0.29) is 25.7 Å². The number of H-pyrrole nitrogens is 1. The second kappa shape index (κ2) is 16.6. The lowest BCUT2D eigenvalue weighted by Gasteiger charge is -2.25. The van der Waals surface area contributed by atoms with Crippen LogP contribution in [-0.2, 0) is 36.8 Å². The van der Waals surface area contributed by atoms with Crippen LogP contribution in [-0.4, -0.2) is 75.4 Å². The number of primary amides is 1. The number of nitrogens with two attached hydrogens (primary N) is 3. The third kappa shape index (κ3) is 11.2. The first kappa shape index (κ1) is 31.9. The number of aromatic nitrogens is 2. The first-order valence-corrected chi connectivity index (χ1v) is 13.0. The van der Waals surface area contributed by atoms with E-state index >= 15 is 0 Å². The summed E-state index contributed by atoms with van der Waals surface area (Å²) in [6.45, 7) is 0.450. The maximum Gasteiger partial charge on any atom is 0.326 e. The number of nitrogens with zero attached hydrogens (tertiary/aromatic N) is 1. The quantitative estimate of drug-likeness (QED) is 0.0985. The molecule has 14 heteroatoms. The van der Waals surface area contributed by atoms with Gasteiger partial charge in [-0.05, 0) is 31.4 Å². The highest BCUT2D eigenvalue weighted by atomic mass is 16.4. The predicted octanol–water partition coefficient (Wildman–Crippen LogP) is -1.54. The average molecular weight is 559 g/mol. The van der Waals surface area contributed by atoms with Gasteiger partial charge in [-0.2, -0.15) is 0 Å². The molecular formula is C26H38N8O6. The van der Waals surface area contributed by atoms with Crippen LogP contribution in [0.4, 0.5) is 0 Å². The molecule has 0 saturated heterocycles. The molecule has 2 aromatic rings. The fraction of sp³-hybridized carbons (Fsp3) is 0.462. The molecule has 0 aliphatic heterocycles. The molecule has 1 aromatic heterocycles. The Morgan fingerprint density at radius 1 is 0.875 bits per heavy atom. The fourth-order valence-electron chi connectivity index (χ4n) is 3.89. The molecule has 4 amide bonds. The van der Waals surface area contributed by atoms with Gasteiger partial charge in [-0.25, -0.2) is 9.78 Å².